The van der Waals surface area contributed by atoms with Crippen LogP contribution in [0, 0.1) is 34.5 Å². The van der Waals surface area contributed by atoms with Crippen molar-refractivity contribution in [2.75, 3.05) is 0 Å². The Kier molecular flexibility index (Phi) is 5.78. The van der Waals surface area contributed by atoms with Crippen molar-refractivity contribution in [3.8, 4) is 23.7 Å². The molecule has 1 nitrogen and oxygen atoms in total. The largest absolute Gasteiger partial charge is 0.290 e. The van der Waals surface area contributed by atoms with Crippen molar-refractivity contribution in [3.05, 3.63) is 47.6 Å². The van der Waals surface area contributed by atoms with E-state index in [0.717, 1.165) is 11.1 Å². The molecule has 0 amide bonds. The van der Waals surface area contributed by atoms with Crippen molar-refractivity contribution in [1.29, 1.82) is 0 Å². The van der Waals surface area contributed by atoms with Crippen LogP contribution >= 0.6 is 0 Å². The van der Waals surface area contributed by atoms with Gasteiger partial charge in [0.1, 0.15) is 0 Å². The number of allylic oxidation sites excluding steroid dienone is 8. The van der Waals surface area contributed by atoms with Gasteiger partial charge in [0.25, 0.3) is 0 Å². The maximum Gasteiger partial charge on any atom is 0.178 e. The SMILES string of the molecule is CC(C)(C)/C1=C/C=C/C(=O)/C=C/C=C(/C(C)(C)C)C#CC#C1. The first kappa shape index (κ1) is 17.8. The van der Waals surface area contributed by atoms with Crippen molar-refractivity contribution in [3.63, 3.8) is 0 Å². The molecule has 0 bridgehead atoms. The summed E-state index contributed by atoms with van der Waals surface area (Å²) in [5.41, 5.74) is 1.74. The second-order valence-corrected chi connectivity index (χ2v) is 7.28. The fourth-order valence-corrected chi connectivity index (χ4v) is 1.69. The summed E-state index contributed by atoms with van der Waals surface area (Å²) in [6.07, 6.45) is 10.4. The van der Waals surface area contributed by atoms with Gasteiger partial charge in [-0.1, -0.05) is 65.5 Å². The lowest BCUT2D eigenvalue weighted by Gasteiger charge is -2.17. The van der Waals surface area contributed by atoms with Crippen molar-refractivity contribution < 1.29 is 4.79 Å². The highest BCUT2D eigenvalue weighted by atomic mass is 16.1. The fourth-order valence-electron chi connectivity index (χ4n) is 1.69. The Morgan fingerprint density at radius 3 is 1.41 bits per heavy atom. The van der Waals surface area contributed by atoms with Gasteiger partial charge in [0.05, 0.1) is 0 Å². The molecule has 1 rings (SSSR count). The normalized spacial score (nSPS) is 23.6. The quantitative estimate of drug-likeness (QED) is 0.595. The maximum atomic E-state index is 11.8. The average molecular weight is 292 g/mol. The third-order valence-corrected chi connectivity index (χ3v) is 3.12. The van der Waals surface area contributed by atoms with E-state index in [1.165, 1.54) is 0 Å². The molecule has 0 unspecified atom stereocenters. The van der Waals surface area contributed by atoms with Crippen LogP contribution in [-0.4, -0.2) is 5.78 Å². The standard InChI is InChI=1S/C21H24O/c1-20(2,3)17-11-7-8-12-18(21(4,5)6)14-10-16-19(22)15-9-13-17/h9-10,13-16H,1-6H3/b15-9+,16-10+,17-13+,18-14+. The molecule has 0 spiro atoms. The van der Waals surface area contributed by atoms with Crippen molar-refractivity contribution in [2.45, 2.75) is 41.5 Å². The van der Waals surface area contributed by atoms with E-state index in [2.05, 4.69) is 65.2 Å². The number of hydrogen-bond donors (Lipinski definition) is 0. The summed E-state index contributed by atoms with van der Waals surface area (Å²) in [5, 5.41) is 0. The van der Waals surface area contributed by atoms with Gasteiger partial charge < -0.3 is 0 Å². The lowest BCUT2D eigenvalue weighted by Crippen LogP contribution is -2.08. The summed E-state index contributed by atoms with van der Waals surface area (Å²) >= 11 is 0. The van der Waals surface area contributed by atoms with Gasteiger partial charge in [0, 0.05) is 11.1 Å². The summed E-state index contributed by atoms with van der Waals surface area (Å²) in [7, 11) is 0. The molecule has 1 aliphatic rings. The van der Waals surface area contributed by atoms with Gasteiger partial charge in [-0.05, 0) is 47.0 Å². The zero-order valence-electron chi connectivity index (χ0n) is 14.4. The molecule has 0 saturated carbocycles. The van der Waals surface area contributed by atoms with Gasteiger partial charge in [0.2, 0.25) is 0 Å². The average Bonchev–Trinajstić information content (AvgIpc) is 2.37. The van der Waals surface area contributed by atoms with Crippen LogP contribution in [0.3, 0.4) is 0 Å². The summed E-state index contributed by atoms with van der Waals surface area (Å²) < 4.78 is 0. The van der Waals surface area contributed by atoms with Crippen LogP contribution in [0.4, 0.5) is 0 Å². The van der Waals surface area contributed by atoms with E-state index < -0.39 is 0 Å². The van der Waals surface area contributed by atoms with Crippen LogP contribution in [0.25, 0.3) is 0 Å². The molecular weight excluding hydrogens is 268 g/mol. The molecule has 22 heavy (non-hydrogen) atoms. The third-order valence-electron chi connectivity index (χ3n) is 3.12. The topological polar surface area (TPSA) is 17.1 Å². The van der Waals surface area contributed by atoms with E-state index in [1.54, 1.807) is 24.3 Å². The fraction of sp³-hybridized carbons (Fsp3) is 0.381. The van der Waals surface area contributed by atoms with Crippen LogP contribution in [-0.2, 0) is 4.79 Å². The van der Waals surface area contributed by atoms with Crippen molar-refractivity contribution in [1.82, 2.24) is 0 Å². The first-order valence-electron chi connectivity index (χ1n) is 7.44. The summed E-state index contributed by atoms with van der Waals surface area (Å²) in [5.74, 6) is 12.0. The highest BCUT2D eigenvalue weighted by Gasteiger charge is 2.15. The molecule has 0 radical (unpaired) electrons. The van der Waals surface area contributed by atoms with Gasteiger partial charge in [-0.15, -0.1) is 0 Å². The summed E-state index contributed by atoms with van der Waals surface area (Å²) in [6, 6.07) is 0. The van der Waals surface area contributed by atoms with Gasteiger partial charge in [-0.3, -0.25) is 4.79 Å². The molecule has 0 N–H and O–H groups in total. The predicted molar refractivity (Wildman–Crippen MR) is 93.9 cm³/mol. The van der Waals surface area contributed by atoms with Crippen molar-refractivity contribution in [2.24, 2.45) is 10.8 Å². The highest BCUT2D eigenvalue weighted by Crippen LogP contribution is 2.25. The molecule has 0 aliphatic heterocycles. The second-order valence-electron chi connectivity index (χ2n) is 7.28. The van der Waals surface area contributed by atoms with E-state index in [9.17, 15) is 4.79 Å². The Morgan fingerprint density at radius 1 is 0.727 bits per heavy atom. The molecule has 0 aromatic rings. The molecule has 0 saturated heterocycles. The summed E-state index contributed by atoms with van der Waals surface area (Å²) in [6.45, 7) is 12.6. The third kappa shape index (κ3) is 6.02. The maximum absolute atomic E-state index is 11.8. The first-order chi connectivity index (χ1) is 10.1. The number of rotatable bonds is 0. The van der Waals surface area contributed by atoms with E-state index in [4.69, 9.17) is 0 Å². The Bertz CT molecular complexity index is 613. The van der Waals surface area contributed by atoms with E-state index in [-0.39, 0.29) is 16.6 Å². The Morgan fingerprint density at radius 2 is 1.09 bits per heavy atom. The molecule has 1 heteroatoms. The summed E-state index contributed by atoms with van der Waals surface area (Å²) in [4.78, 5) is 11.8. The lowest BCUT2D eigenvalue weighted by atomic mass is 9.86. The number of hydrogen-bond acceptors (Lipinski definition) is 1. The molecule has 0 fully saturated rings. The van der Waals surface area contributed by atoms with E-state index >= 15 is 0 Å². The molecule has 1 aliphatic carbocycles. The van der Waals surface area contributed by atoms with Crippen LogP contribution in [0.1, 0.15) is 41.5 Å². The van der Waals surface area contributed by atoms with Gasteiger partial charge >= 0.3 is 0 Å². The van der Waals surface area contributed by atoms with Crippen LogP contribution < -0.4 is 0 Å². The second kappa shape index (κ2) is 7.15. The van der Waals surface area contributed by atoms with Gasteiger partial charge in [0.15, 0.2) is 5.78 Å². The minimum Gasteiger partial charge on any atom is -0.290 e. The van der Waals surface area contributed by atoms with Crippen LogP contribution in [0.15, 0.2) is 47.6 Å². The minimum absolute atomic E-state index is 0.0471. The van der Waals surface area contributed by atoms with Crippen molar-refractivity contribution >= 4 is 5.78 Å². The monoisotopic (exact) mass is 292 g/mol. The lowest BCUT2D eigenvalue weighted by molar-refractivity contribution is -0.110. The van der Waals surface area contributed by atoms with E-state index in [0.29, 0.717) is 0 Å². The highest BCUT2D eigenvalue weighted by molar-refractivity contribution is 5.99. The predicted octanol–water partition coefficient (Wildman–Crippen LogP) is 4.63. The smallest absolute Gasteiger partial charge is 0.178 e. The number of carbonyl (C=O) groups is 1. The molecular formula is C21H24O. The Hall–Kier alpha value is -2.25. The van der Waals surface area contributed by atoms with Crippen LogP contribution in [0.2, 0.25) is 0 Å². The first-order valence-corrected chi connectivity index (χ1v) is 7.44. The Labute approximate surface area is 134 Å². The zero-order valence-corrected chi connectivity index (χ0v) is 14.4. The molecule has 0 aromatic heterocycles. The minimum atomic E-state index is -0.0826. The number of carbonyl (C=O) groups excluding carboxylic acids is 1. The zero-order chi connectivity index (χ0) is 16.8. The van der Waals surface area contributed by atoms with Gasteiger partial charge in [-0.2, -0.15) is 0 Å². The van der Waals surface area contributed by atoms with Crippen LogP contribution in [0.5, 0.6) is 0 Å². The molecule has 114 valence electrons. The molecule has 0 aromatic carbocycles. The van der Waals surface area contributed by atoms with E-state index in [1.807, 2.05) is 12.2 Å². The molecule has 0 heterocycles. The molecule has 0 atom stereocenters. The number of ketones is 1. The van der Waals surface area contributed by atoms with Gasteiger partial charge in [-0.25, -0.2) is 0 Å². The Balaban J connectivity index is 3.37.